The summed E-state index contributed by atoms with van der Waals surface area (Å²) in [6.07, 6.45) is 0. The number of hydrogen-bond acceptors (Lipinski definition) is 5. The number of piperazine rings is 1. The fraction of sp³-hybridized carbons (Fsp3) is 0.579. The number of aryl methyl sites for hydroxylation is 1. The first-order chi connectivity index (χ1) is 11.9. The second-order valence-corrected chi connectivity index (χ2v) is 7.33. The molecule has 136 valence electrons. The van der Waals surface area contributed by atoms with Gasteiger partial charge in [0, 0.05) is 38.3 Å². The smallest absolute Gasteiger partial charge is 0.244 e. The molecule has 0 radical (unpaired) electrons. The number of nitrogens with zero attached hydrogens (tertiary/aromatic N) is 4. The molecular formula is C19H27FN4O. The molecule has 1 unspecified atom stereocenters. The standard InChI is InChI=1S/C19H27FN4O/c1-13(2)12-23-7-9-24(10-8-23)15(4)19-21-18(22-25-19)16-5-6-17(20)14(3)11-16/h5-6,11,13,15H,7-10,12H2,1-4H3. The van der Waals surface area contributed by atoms with Gasteiger partial charge in [0.2, 0.25) is 11.7 Å². The zero-order valence-corrected chi connectivity index (χ0v) is 15.5. The fourth-order valence-corrected chi connectivity index (χ4v) is 3.31. The highest BCUT2D eigenvalue weighted by Crippen LogP contribution is 2.24. The van der Waals surface area contributed by atoms with Crippen molar-refractivity contribution in [2.75, 3.05) is 32.7 Å². The van der Waals surface area contributed by atoms with Gasteiger partial charge in [0.05, 0.1) is 6.04 Å². The summed E-state index contributed by atoms with van der Waals surface area (Å²) in [6, 6.07) is 4.97. The Hall–Kier alpha value is -1.79. The van der Waals surface area contributed by atoms with Gasteiger partial charge in [-0.1, -0.05) is 19.0 Å². The Morgan fingerprint density at radius 2 is 1.88 bits per heavy atom. The van der Waals surface area contributed by atoms with Crippen molar-refractivity contribution in [3.8, 4) is 11.4 Å². The lowest BCUT2D eigenvalue weighted by Gasteiger charge is -2.37. The number of halogens is 1. The van der Waals surface area contributed by atoms with Gasteiger partial charge in [-0.15, -0.1) is 0 Å². The van der Waals surface area contributed by atoms with Crippen molar-refractivity contribution in [3.05, 3.63) is 35.5 Å². The van der Waals surface area contributed by atoms with Crippen LogP contribution in [0.15, 0.2) is 22.7 Å². The largest absolute Gasteiger partial charge is 0.337 e. The van der Waals surface area contributed by atoms with Gasteiger partial charge >= 0.3 is 0 Å². The lowest BCUT2D eigenvalue weighted by molar-refractivity contribution is 0.0821. The number of hydrogen-bond donors (Lipinski definition) is 0. The minimum absolute atomic E-state index is 0.0870. The van der Waals surface area contributed by atoms with Gasteiger partial charge in [-0.25, -0.2) is 4.39 Å². The van der Waals surface area contributed by atoms with E-state index in [1.165, 1.54) is 6.07 Å². The first-order valence-corrected chi connectivity index (χ1v) is 9.00. The average molecular weight is 346 g/mol. The zero-order valence-electron chi connectivity index (χ0n) is 15.5. The molecule has 0 spiro atoms. The number of rotatable bonds is 5. The SMILES string of the molecule is Cc1cc(-c2noc(C(C)N3CCN(CC(C)C)CC3)n2)ccc1F. The molecule has 0 saturated carbocycles. The first-order valence-electron chi connectivity index (χ1n) is 9.00. The molecule has 1 aromatic heterocycles. The van der Waals surface area contributed by atoms with Crippen LogP contribution in [0.5, 0.6) is 0 Å². The van der Waals surface area contributed by atoms with E-state index < -0.39 is 0 Å². The molecule has 0 bridgehead atoms. The summed E-state index contributed by atoms with van der Waals surface area (Å²) in [5.41, 5.74) is 1.36. The summed E-state index contributed by atoms with van der Waals surface area (Å²) in [5, 5.41) is 4.08. The number of aromatic nitrogens is 2. The number of benzene rings is 1. The molecule has 1 atom stereocenters. The van der Waals surface area contributed by atoms with Crippen LogP contribution in [-0.4, -0.2) is 52.7 Å². The van der Waals surface area contributed by atoms with E-state index in [9.17, 15) is 4.39 Å². The van der Waals surface area contributed by atoms with E-state index in [4.69, 9.17) is 4.52 Å². The lowest BCUT2D eigenvalue weighted by Crippen LogP contribution is -2.48. The highest BCUT2D eigenvalue weighted by molar-refractivity contribution is 5.55. The average Bonchev–Trinajstić information content (AvgIpc) is 3.07. The van der Waals surface area contributed by atoms with E-state index in [1.807, 2.05) is 0 Å². The molecule has 1 aliphatic rings. The Balaban J connectivity index is 1.65. The second-order valence-electron chi connectivity index (χ2n) is 7.33. The maximum atomic E-state index is 13.4. The van der Waals surface area contributed by atoms with Crippen LogP contribution in [0.4, 0.5) is 4.39 Å². The van der Waals surface area contributed by atoms with Crippen LogP contribution >= 0.6 is 0 Å². The Labute approximate surface area is 148 Å². The highest BCUT2D eigenvalue weighted by Gasteiger charge is 2.26. The first kappa shape index (κ1) is 18.0. The zero-order chi connectivity index (χ0) is 18.0. The van der Waals surface area contributed by atoms with Gasteiger partial charge in [-0.3, -0.25) is 4.90 Å². The quantitative estimate of drug-likeness (QED) is 0.829. The van der Waals surface area contributed by atoms with Gasteiger partial charge in [0.15, 0.2) is 0 Å². The summed E-state index contributed by atoms with van der Waals surface area (Å²) in [7, 11) is 0. The molecule has 5 nitrogen and oxygen atoms in total. The van der Waals surface area contributed by atoms with Gasteiger partial charge in [0.1, 0.15) is 5.82 Å². The van der Waals surface area contributed by atoms with Crippen LogP contribution in [0, 0.1) is 18.7 Å². The molecule has 2 heterocycles. The second kappa shape index (κ2) is 7.62. The third-order valence-corrected chi connectivity index (χ3v) is 4.79. The van der Waals surface area contributed by atoms with E-state index >= 15 is 0 Å². The molecule has 0 aliphatic carbocycles. The predicted octanol–water partition coefficient (Wildman–Crippen LogP) is 3.52. The van der Waals surface area contributed by atoms with Crippen molar-refractivity contribution < 1.29 is 8.91 Å². The maximum absolute atomic E-state index is 13.4. The van der Waals surface area contributed by atoms with Crippen LogP contribution in [0.3, 0.4) is 0 Å². The van der Waals surface area contributed by atoms with Crippen molar-refractivity contribution in [3.63, 3.8) is 0 Å². The molecule has 0 amide bonds. The van der Waals surface area contributed by atoms with Crippen molar-refractivity contribution in [1.29, 1.82) is 0 Å². The van der Waals surface area contributed by atoms with Gasteiger partial charge in [-0.2, -0.15) is 4.98 Å². The van der Waals surface area contributed by atoms with Crippen LogP contribution in [-0.2, 0) is 0 Å². The molecule has 0 N–H and O–H groups in total. The molecule has 6 heteroatoms. The van der Waals surface area contributed by atoms with Crippen LogP contribution in [0.25, 0.3) is 11.4 Å². The minimum atomic E-state index is -0.222. The monoisotopic (exact) mass is 346 g/mol. The van der Waals surface area contributed by atoms with E-state index in [1.54, 1.807) is 19.1 Å². The van der Waals surface area contributed by atoms with Crippen molar-refractivity contribution >= 4 is 0 Å². The van der Waals surface area contributed by atoms with Gasteiger partial charge in [-0.05, 0) is 43.5 Å². The predicted molar refractivity (Wildman–Crippen MR) is 95.7 cm³/mol. The van der Waals surface area contributed by atoms with Crippen LogP contribution < -0.4 is 0 Å². The van der Waals surface area contributed by atoms with E-state index in [-0.39, 0.29) is 11.9 Å². The van der Waals surface area contributed by atoms with Gasteiger partial charge < -0.3 is 9.42 Å². The molecule has 2 aromatic rings. The molecule has 3 rings (SSSR count). The minimum Gasteiger partial charge on any atom is -0.337 e. The fourth-order valence-electron chi connectivity index (χ4n) is 3.31. The normalized spacial score (nSPS) is 18.0. The molecule has 1 fully saturated rings. The summed E-state index contributed by atoms with van der Waals surface area (Å²) in [5.74, 6) is 1.61. The Bertz CT molecular complexity index is 707. The summed E-state index contributed by atoms with van der Waals surface area (Å²) in [6.45, 7) is 13.6. The summed E-state index contributed by atoms with van der Waals surface area (Å²) >= 11 is 0. The van der Waals surface area contributed by atoms with Gasteiger partial charge in [0.25, 0.3) is 0 Å². The van der Waals surface area contributed by atoms with Crippen LogP contribution in [0.1, 0.15) is 38.3 Å². The molecular weight excluding hydrogens is 319 g/mol. The lowest BCUT2D eigenvalue weighted by atomic mass is 10.1. The maximum Gasteiger partial charge on any atom is 0.244 e. The van der Waals surface area contributed by atoms with Crippen LogP contribution in [0.2, 0.25) is 0 Å². The highest BCUT2D eigenvalue weighted by atomic mass is 19.1. The third kappa shape index (κ3) is 4.25. The van der Waals surface area contributed by atoms with Crippen molar-refractivity contribution in [2.45, 2.75) is 33.7 Å². The molecule has 1 saturated heterocycles. The molecule has 25 heavy (non-hydrogen) atoms. The topological polar surface area (TPSA) is 45.4 Å². The van der Waals surface area contributed by atoms with E-state index in [0.717, 1.165) is 38.3 Å². The summed E-state index contributed by atoms with van der Waals surface area (Å²) < 4.78 is 18.9. The van der Waals surface area contributed by atoms with E-state index in [0.29, 0.717) is 23.2 Å². The van der Waals surface area contributed by atoms with E-state index in [2.05, 4.69) is 40.7 Å². The van der Waals surface area contributed by atoms with Crippen molar-refractivity contribution in [2.24, 2.45) is 5.92 Å². The summed E-state index contributed by atoms with van der Waals surface area (Å²) in [4.78, 5) is 9.43. The van der Waals surface area contributed by atoms with Crippen molar-refractivity contribution in [1.82, 2.24) is 19.9 Å². The Morgan fingerprint density at radius 1 is 1.16 bits per heavy atom. The Kier molecular flexibility index (Phi) is 5.49. The Morgan fingerprint density at radius 3 is 2.52 bits per heavy atom. The molecule has 1 aromatic carbocycles. The molecule has 1 aliphatic heterocycles. The third-order valence-electron chi connectivity index (χ3n) is 4.79.